The van der Waals surface area contributed by atoms with E-state index in [4.69, 9.17) is 4.74 Å². The third kappa shape index (κ3) is 5.72. The molecular formula is C25H30N3O3S+. The highest BCUT2D eigenvalue weighted by Crippen LogP contribution is 2.39. The molecule has 0 radical (unpaired) electrons. The largest absolute Gasteiger partial charge is 0.497 e. The number of thioether (sulfide) groups is 1. The molecule has 1 saturated heterocycles. The fourth-order valence-electron chi connectivity index (χ4n) is 4.12. The van der Waals surface area contributed by atoms with Crippen LogP contribution in [-0.2, 0) is 4.79 Å². The van der Waals surface area contributed by atoms with Gasteiger partial charge in [0.15, 0.2) is 0 Å². The first-order valence-electron chi connectivity index (χ1n) is 11.2. The van der Waals surface area contributed by atoms with Crippen LogP contribution < -0.4 is 20.3 Å². The van der Waals surface area contributed by atoms with Crippen molar-refractivity contribution >= 4 is 35.3 Å². The number of rotatable bonds is 6. The third-order valence-corrected chi connectivity index (χ3v) is 7.00. The van der Waals surface area contributed by atoms with Crippen molar-refractivity contribution in [2.45, 2.75) is 30.6 Å². The molecule has 7 heteroatoms. The van der Waals surface area contributed by atoms with Gasteiger partial charge in [0.2, 0.25) is 0 Å². The minimum Gasteiger partial charge on any atom is -0.497 e. The zero-order valence-electron chi connectivity index (χ0n) is 18.4. The number of ether oxygens (including phenoxy) is 1. The Hall–Kier alpha value is -2.77. The Labute approximate surface area is 193 Å². The normalized spacial score (nSPS) is 17.9. The van der Waals surface area contributed by atoms with Gasteiger partial charge in [0, 0.05) is 10.5 Å². The Morgan fingerprint density at radius 3 is 2.75 bits per heavy atom. The number of fused-ring (bicyclic) bond motifs is 1. The van der Waals surface area contributed by atoms with Gasteiger partial charge >= 0.3 is 0 Å². The van der Waals surface area contributed by atoms with E-state index < -0.39 is 0 Å². The van der Waals surface area contributed by atoms with Crippen molar-refractivity contribution in [1.82, 2.24) is 5.32 Å². The Morgan fingerprint density at radius 2 is 1.97 bits per heavy atom. The van der Waals surface area contributed by atoms with Gasteiger partial charge in [-0.15, -0.1) is 0 Å². The smallest absolute Gasteiger partial charge is 0.262 e. The van der Waals surface area contributed by atoms with Gasteiger partial charge in [-0.25, -0.2) is 0 Å². The number of hydrogen-bond acceptors (Lipinski definition) is 4. The lowest BCUT2D eigenvalue weighted by atomic mass is 10.1. The van der Waals surface area contributed by atoms with E-state index >= 15 is 0 Å². The molecule has 2 aliphatic heterocycles. The van der Waals surface area contributed by atoms with Gasteiger partial charge < -0.3 is 20.3 Å². The summed E-state index contributed by atoms with van der Waals surface area (Å²) in [5.74, 6) is 0.473. The van der Waals surface area contributed by atoms with Gasteiger partial charge in [0.25, 0.3) is 11.8 Å². The monoisotopic (exact) mass is 452 g/mol. The van der Waals surface area contributed by atoms with Crippen LogP contribution in [0.1, 0.15) is 41.6 Å². The van der Waals surface area contributed by atoms with Gasteiger partial charge in [-0.2, -0.15) is 0 Å². The minimum atomic E-state index is -0.173. The van der Waals surface area contributed by atoms with E-state index in [1.807, 2.05) is 42.5 Å². The predicted octanol–water partition coefficient (Wildman–Crippen LogP) is 2.97. The number of carbonyl (C=O) groups is 2. The Morgan fingerprint density at radius 1 is 1.16 bits per heavy atom. The van der Waals surface area contributed by atoms with E-state index in [1.54, 1.807) is 18.1 Å². The number of carbonyl (C=O) groups excluding carboxylic acids is 2. The van der Waals surface area contributed by atoms with Crippen LogP contribution in [0, 0.1) is 0 Å². The number of likely N-dealkylation sites (tertiary alicyclic amines) is 1. The van der Waals surface area contributed by atoms with Crippen molar-refractivity contribution in [3.05, 3.63) is 58.5 Å². The summed E-state index contributed by atoms with van der Waals surface area (Å²) in [6.45, 7) is 4.02. The molecule has 2 aliphatic rings. The average Bonchev–Trinajstić information content (AvgIpc) is 3.08. The van der Waals surface area contributed by atoms with Crippen LogP contribution in [0.4, 0.5) is 5.69 Å². The van der Waals surface area contributed by atoms with Gasteiger partial charge in [0.05, 0.1) is 43.9 Å². The van der Waals surface area contributed by atoms with E-state index in [1.165, 1.54) is 50.5 Å². The Kier molecular flexibility index (Phi) is 7.50. The summed E-state index contributed by atoms with van der Waals surface area (Å²) in [5, 5.41) is 5.96. The number of benzene rings is 2. The molecular weight excluding hydrogens is 422 g/mol. The van der Waals surface area contributed by atoms with E-state index in [0.29, 0.717) is 22.7 Å². The van der Waals surface area contributed by atoms with E-state index in [2.05, 4.69) is 10.6 Å². The molecule has 0 bridgehead atoms. The van der Waals surface area contributed by atoms with Gasteiger partial charge in [-0.1, -0.05) is 23.9 Å². The second-order valence-electron chi connectivity index (χ2n) is 8.22. The molecule has 2 aromatic rings. The molecule has 0 aliphatic carbocycles. The third-order valence-electron chi connectivity index (χ3n) is 5.90. The van der Waals surface area contributed by atoms with E-state index in [-0.39, 0.29) is 11.8 Å². The summed E-state index contributed by atoms with van der Waals surface area (Å²) < 4.78 is 5.25. The number of nitrogens with one attached hydrogen (secondary N) is 3. The number of amides is 2. The second kappa shape index (κ2) is 10.7. The molecule has 3 N–H and O–H groups in total. The van der Waals surface area contributed by atoms with E-state index in [0.717, 1.165) is 22.8 Å². The standard InChI is InChI=1S/C25H29N3O3S/c1-31-20-8-6-7-18(15-20)16-23-25(30)27-21-17-19(9-10-22(21)32-23)24(29)26-11-14-28-12-4-2-3-5-13-28/h6-10,15-17H,2-5,11-14H2,1H3,(H,26,29)(H,27,30)/p+1. The van der Waals surface area contributed by atoms with Crippen molar-refractivity contribution < 1.29 is 19.2 Å². The fourth-order valence-corrected chi connectivity index (χ4v) is 5.05. The predicted molar refractivity (Wildman–Crippen MR) is 128 cm³/mol. The first-order valence-corrected chi connectivity index (χ1v) is 12.0. The van der Waals surface area contributed by atoms with Gasteiger partial charge in [-0.05, 0) is 67.7 Å². The highest BCUT2D eigenvalue weighted by atomic mass is 32.2. The topological polar surface area (TPSA) is 71.9 Å². The molecule has 0 atom stereocenters. The fraction of sp³-hybridized carbons (Fsp3) is 0.360. The molecule has 2 aromatic carbocycles. The summed E-state index contributed by atoms with van der Waals surface area (Å²) in [6, 6.07) is 13.1. The molecule has 1 fully saturated rings. The lowest BCUT2D eigenvalue weighted by molar-refractivity contribution is -0.898. The van der Waals surface area contributed by atoms with Crippen LogP contribution >= 0.6 is 11.8 Å². The van der Waals surface area contributed by atoms with Crippen molar-refractivity contribution in [3.8, 4) is 5.75 Å². The summed E-state index contributed by atoms with van der Waals surface area (Å²) in [6.07, 6.45) is 7.05. The number of quaternary nitrogens is 1. The quantitative estimate of drug-likeness (QED) is 0.590. The lowest BCUT2D eigenvalue weighted by Gasteiger charge is -2.20. The van der Waals surface area contributed by atoms with Crippen molar-refractivity contribution in [1.29, 1.82) is 0 Å². The van der Waals surface area contributed by atoms with Crippen LogP contribution in [0.5, 0.6) is 5.75 Å². The lowest BCUT2D eigenvalue weighted by Crippen LogP contribution is -3.12. The second-order valence-corrected chi connectivity index (χ2v) is 9.31. The number of anilines is 1. The average molecular weight is 453 g/mol. The van der Waals surface area contributed by atoms with Crippen molar-refractivity contribution in [2.75, 3.05) is 38.6 Å². The number of hydrogen-bond donors (Lipinski definition) is 3. The molecule has 0 saturated carbocycles. The molecule has 2 heterocycles. The first-order chi connectivity index (χ1) is 15.6. The molecule has 0 unspecified atom stereocenters. The number of methoxy groups -OCH3 is 1. The van der Waals surface area contributed by atoms with Gasteiger partial charge in [-0.3, -0.25) is 9.59 Å². The zero-order chi connectivity index (χ0) is 22.3. The van der Waals surface area contributed by atoms with Crippen LogP contribution in [-0.4, -0.2) is 45.1 Å². The summed E-state index contributed by atoms with van der Waals surface area (Å²) in [4.78, 5) is 28.4. The van der Waals surface area contributed by atoms with Crippen LogP contribution in [0.2, 0.25) is 0 Å². The SMILES string of the molecule is COc1cccc(C=C2Sc3ccc(C(=O)NCC[NH+]4CCCCCC4)cc3NC2=O)c1. The van der Waals surface area contributed by atoms with Crippen molar-refractivity contribution in [3.63, 3.8) is 0 Å². The molecule has 32 heavy (non-hydrogen) atoms. The summed E-state index contributed by atoms with van der Waals surface area (Å²) in [7, 11) is 1.62. The maximum absolute atomic E-state index is 12.6. The summed E-state index contributed by atoms with van der Waals surface area (Å²) >= 11 is 1.41. The molecule has 168 valence electrons. The van der Waals surface area contributed by atoms with Crippen LogP contribution in [0.3, 0.4) is 0 Å². The zero-order valence-corrected chi connectivity index (χ0v) is 19.2. The Balaban J connectivity index is 1.38. The highest BCUT2D eigenvalue weighted by molar-refractivity contribution is 8.04. The first kappa shape index (κ1) is 22.4. The van der Waals surface area contributed by atoms with Crippen LogP contribution in [0.25, 0.3) is 6.08 Å². The molecule has 0 aromatic heterocycles. The maximum atomic E-state index is 12.6. The van der Waals surface area contributed by atoms with E-state index in [9.17, 15) is 9.59 Å². The molecule has 6 nitrogen and oxygen atoms in total. The molecule has 0 spiro atoms. The Bertz CT molecular complexity index is 1010. The highest BCUT2D eigenvalue weighted by Gasteiger charge is 2.22. The molecule has 4 rings (SSSR count). The summed E-state index contributed by atoms with van der Waals surface area (Å²) in [5.41, 5.74) is 2.14. The minimum absolute atomic E-state index is 0.0982. The molecule has 2 amide bonds. The van der Waals surface area contributed by atoms with Gasteiger partial charge in [0.1, 0.15) is 5.75 Å². The maximum Gasteiger partial charge on any atom is 0.262 e. The van der Waals surface area contributed by atoms with Crippen molar-refractivity contribution in [2.24, 2.45) is 0 Å². The van der Waals surface area contributed by atoms with Crippen LogP contribution in [0.15, 0.2) is 52.3 Å².